The molecule has 0 bridgehead atoms. The molecular formula is C24H36N2O2Si. The third-order valence-corrected chi connectivity index (χ3v) is 11.2. The molecule has 3 rings (SSSR count). The highest BCUT2D eigenvalue weighted by Gasteiger charge is 2.37. The van der Waals surface area contributed by atoms with E-state index in [9.17, 15) is 0 Å². The molecule has 5 heteroatoms. The molecule has 1 aliphatic carbocycles. The van der Waals surface area contributed by atoms with E-state index in [0.29, 0.717) is 17.7 Å². The normalized spacial score (nSPS) is 21.0. The van der Waals surface area contributed by atoms with Crippen molar-refractivity contribution in [2.24, 2.45) is 11.8 Å². The van der Waals surface area contributed by atoms with Crippen molar-refractivity contribution in [2.45, 2.75) is 64.6 Å². The Morgan fingerprint density at radius 1 is 1.10 bits per heavy atom. The van der Waals surface area contributed by atoms with Crippen molar-refractivity contribution in [3.8, 4) is 5.88 Å². The molecule has 158 valence electrons. The van der Waals surface area contributed by atoms with Crippen molar-refractivity contribution >= 4 is 25.4 Å². The number of hydrogen-bond donors (Lipinski definition) is 0. The van der Waals surface area contributed by atoms with E-state index in [4.69, 9.17) is 9.16 Å². The van der Waals surface area contributed by atoms with Gasteiger partial charge in [0, 0.05) is 24.4 Å². The quantitative estimate of drug-likeness (QED) is 0.509. The van der Waals surface area contributed by atoms with Gasteiger partial charge in [-0.3, -0.25) is 4.98 Å². The second kappa shape index (κ2) is 8.96. The van der Waals surface area contributed by atoms with E-state index in [1.165, 1.54) is 25.7 Å². The molecule has 0 aliphatic heterocycles. The van der Waals surface area contributed by atoms with Gasteiger partial charge in [0.05, 0.1) is 18.1 Å². The summed E-state index contributed by atoms with van der Waals surface area (Å²) in [6.45, 7) is 12.6. The fourth-order valence-electron chi connectivity index (χ4n) is 3.61. The van der Waals surface area contributed by atoms with Crippen molar-refractivity contribution in [1.82, 2.24) is 9.97 Å². The van der Waals surface area contributed by atoms with Gasteiger partial charge in [-0.1, -0.05) is 32.9 Å². The van der Waals surface area contributed by atoms with Crippen LogP contribution in [0.1, 0.15) is 52.0 Å². The number of nitrogens with zero attached hydrogens (tertiary/aromatic N) is 2. The van der Waals surface area contributed by atoms with Crippen LogP contribution in [0.15, 0.2) is 30.5 Å². The third-order valence-electron chi connectivity index (χ3n) is 6.72. The van der Waals surface area contributed by atoms with Gasteiger partial charge in [0.2, 0.25) is 5.88 Å². The Labute approximate surface area is 176 Å². The highest BCUT2D eigenvalue weighted by Crippen LogP contribution is 2.38. The monoisotopic (exact) mass is 412 g/mol. The first kappa shape index (κ1) is 22.0. The summed E-state index contributed by atoms with van der Waals surface area (Å²) in [4.78, 5) is 9.00. The fraction of sp³-hybridized carbons (Fsp3) is 0.583. The van der Waals surface area contributed by atoms with Gasteiger partial charge in [-0.05, 0) is 67.8 Å². The first-order valence-electron chi connectivity index (χ1n) is 10.8. The Morgan fingerprint density at radius 2 is 1.83 bits per heavy atom. The molecule has 0 saturated heterocycles. The van der Waals surface area contributed by atoms with E-state index in [1.54, 1.807) is 7.11 Å². The van der Waals surface area contributed by atoms with E-state index in [2.05, 4.69) is 56.0 Å². The molecule has 1 aliphatic rings. The predicted molar refractivity (Wildman–Crippen MR) is 124 cm³/mol. The summed E-state index contributed by atoms with van der Waals surface area (Å²) in [5, 5.41) is 0.289. The van der Waals surface area contributed by atoms with E-state index in [0.717, 1.165) is 23.2 Å². The number of rotatable bonds is 6. The lowest BCUT2D eigenvalue weighted by atomic mass is 9.82. The first-order valence-corrected chi connectivity index (χ1v) is 13.7. The van der Waals surface area contributed by atoms with Gasteiger partial charge in [-0.2, -0.15) is 0 Å². The Balaban J connectivity index is 1.57. The van der Waals surface area contributed by atoms with Gasteiger partial charge in [-0.25, -0.2) is 4.98 Å². The van der Waals surface area contributed by atoms with Gasteiger partial charge in [-0.15, -0.1) is 0 Å². The average Bonchev–Trinajstić information content (AvgIpc) is 2.70. The SMILES string of the molecule is COc1ccc2nccc(C=CC3CCC(CO[Si](C)(C)C(C)(C)C)CC3)c2n1. The summed E-state index contributed by atoms with van der Waals surface area (Å²) < 4.78 is 11.7. The van der Waals surface area contributed by atoms with Crippen LogP contribution in [0.4, 0.5) is 0 Å². The van der Waals surface area contributed by atoms with Crippen LogP contribution >= 0.6 is 0 Å². The number of pyridine rings is 2. The predicted octanol–water partition coefficient (Wildman–Crippen LogP) is 6.48. The fourth-order valence-corrected chi connectivity index (χ4v) is 4.69. The minimum atomic E-state index is -1.64. The molecule has 0 unspecified atom stereocenters. The summed E-state index contributed by atoms with van der Waals surface area (Å²) in [5.41, 5.74) is 2.91. The van der Waals surface area contributed by atoms with Crippen molar-refractivity contribution in [1.29, 1.82) is 0 Å². The van der Waals surface area contributed by atoms with Crippen molar-refractivity contribution in [2.75, 3.05) is 13.7 Å². The molecular weight excluding hydrogens is 376 g/mol. The number of hydrogen-bond acceptors (Lipinski definition) is 4. The second-order valence-electron chi connectivity index (χ2n) is 9.83. The molecule has 0 aromatic carbocycles. The molecule has 0 atom stereocenters. The van der Waals surface area contributed by atoms with Crippen molar-refractivity contribution in [3.63, 3.8) is 0 Å². The average molecular weight is 413 g/mol. The highest BCUT2D eigenvalue weighted by molar-refractivity contribution is 6.74. The lowest BCUT2D eigenvalue weighted by molar-refractivity contribution is 0.181. The molecule has 2 aromatic rings. The Hall–Kier alpha value is -1.72. The first-order chi connectivity index (χ1) is 13.7. The highest BCUT2D eigenvalue weighted by atomic mass is 28.4. The lowest BCUT2D eigenvalue weighted by Gasteiger charge is -2.38. The molecule has 1 saturated carbocycles. The zero-order valence-electron chi connectivity index (χ0n) is 18.9. The van der Waals surface area contributed by atoms with Crippen LogP contribution < -0.4 is 4.74 Å². The molecule has 0 N–H and O–H groups in total. The van der Waals surface area contributed by atoms with Crippen LogP contribution in [0.3, 0.4) is 0 Å². The van der Waals surface area contributed by atoms with E-state index < -0.39 is 8.32 Å². The van der Waals surface area contributed by atoms with Crippen LogP contribution in [-0.4, -0.2) is 32.0 Å². The van der Waals surface area contributed by atoms with Gasteiger partial charge in [0.1, 0.15) is 0 Å². The molecule has 0 amide bonds. The number of methoxy groups -OCH3 is 1. The molecule has 2 aromatic heterocycles. The van der Waals surface area contributed by atoms with Gasteiger partial charge < -0.3 is 9.16 Å². The van der Waals surface area contributed by atoms with Gasteiger partial charge in [0.15, 0.2) is 8.32 Å². The summed E-state index contributed by atoms with van der Waals surface area (Å²) in [7, 11) is 0.00988. The van der Waals surface area contributed by atoms with Gasteiger partial charge >= 0.3 is 0 Å². The maximum Gasteiger partial charge on any atom is 0.213 e. The van der Waals surface area contributed by atoms with Crippen molar-refractivity contribution < 1.29 is 9.16 Å². The molecule has 0 radical (unpaired) electrons. The molecule has 4 nitrogen and oxygen atoms in total. The van der Waals surface area contributed by atoms with E-state index >= 15 is 0 Å². The maximum atomic E-state index is 6.46. The second-order valence-corrected chi connectivity index (χ2v) is 14.6. The topological polar surface area (TPSA) is 44.2 Å². The van der Waals surface area contributed by atoms with E-state index in [1.807, 2.05) is 24.4 Å². The zero-order valence-corrected chi connectivity index (χ0v) is 19.9. The Kier molecular flexibility index (Phi) is 6.79. The number of aromatic nitrogens is 2. The zero-order chi connectivity index (χ0) is 21.1. The number of ether oxygens (including phenoxy) is 1. The molecule has 0 spiro atoms. The Morgan fingerprint density at radius 3 is 2.48 bits per heavy atom. The smallest absolute Gasteiger partial charge is 0.213 e. The Bertz CT molecular complexity index is 850. The van der Waals surface area contributed by atoms with Crippen molar-refractivity contribution in [3.05, 3.63) is 36.0 Å². The van der Waals surface area contributed by atoms with E-state index in [-0.39, 0.29) is 5.04 Å². The van der Waals surface area contributed by atoms with Crippen LogP contribution in [0.2, 0.25) is 18.1 Å². The summed E-state index contributed by atoms with van der Waals surface area (Å²) in [6, 6.07) is 5.85. The minimum absolute atomic E-state index is 0.289. The summed E-state index contributed by atoms with van der Waals surface area (Å²) >= 11 is 0. The maximum absolute atomic E-state index is 6.46. The lowest BCUT2D eigenvalue weighted by Crippen LogP contribution is -2.42. The minimum Gasteiger partial charge on any atom is -0.481 e. The third kappa shape index (κ3) is 5.46. The van der Waals surface area contributed by atoms with Crippen LogP contribution in [0.25, 0.3) is 17.1 Å². The van der Waals surface area contributed by atoms with Crippen LogP contribution in [0.5, 0.6) is 5.88 Å². The molecule has 2 heterocycles. The number of fused-ring (bicyclic) bond motifs is 1. The summed E-state index contributed by atoms with van der Waals surface area (Å²) in [5.74, 6) is 1.97. The number of allylic oxidation sites excluding steroid dienone is 1. The summed E-state index contributed by atoms with van der Waals surface area (Å²) in [6.07, 6.45) is 11.4. The standard InChI is InChI=1S/C24H36N2O2Si/c1-24(2,3)29(5,6)28-17-19-9-7-18(8-10-19)11-12-20-15-16-25-21-13-14-22(27-4)26-23(20)21/h11-16,18-19H,7-10,17H2,1-6H3. The largest absolute Gasteiger partial charge is 0.481 e. The molecule has 29 heavy (non-hydrogen) atoms. The van der Waals surface area contributed by atoms with Crippen LogP contribution in [-0.2, 0) is 4.43 Å². The van der Waals surface area contributed by atoms with Gasteiger partial charge in [0.25, 0.3) is 0 Å². The molecule has 1 fully saturated rings. The van der Waals surface area contributed by atoms with Crippen LogP contribution in [0, 0.1) is 11.8 Å².